The molecule has 0 radical (unpaired) electrons. The maximum atomic E-state index is 5.99. The Balaban J connectivity index is 1.33. The Hall–Kier alpha value is -2.29. The maximum Gasteiger partial charge on any atom is 0.0407 e. The van der Waals surface area contributed by atoms with Gasteiger partial charge in [0.2, 0.25) is 0 Å². The van der Waals surface area contributed by atoms with Gasteiger partial charge in [-0.2, -0.15) is 0 Å². The second kappa shape index (κ2) is 7.94. The predicted octanol–water partition coefficient (Wildman–Crippen LogP) is 5.33. The first kappa shape index (κ1) is 17.1. The minimum atomic E-state index is 0.798. The van der Waals surface area contributed by atoms with Crippen LogP contribution in [0.15, 0.2) is 78.9 Å². The Labute approximate surface area is 160 Å². The highest BCUT2D eigenvalue weighted by Crippen LogP contribution is 2.22. The molecule has 2 nitrogen and oxygen atoms in total. The lowest BCUT2D eigenvalue weighted by Gasteiger charge is -2.36. The van der Waals surface area contributed by atoms with Crippen LogP contribution in [0.3, 0.4) is 0 Å². The van der Waals surface area contributed by atoms with Gasteiger partial charge >= 0.3 is 0 Å². The Morgan fingerprint density at radius 3 is 1.92 bits per heavy atom. The third-order valence-electron chi connectivity index (χ3n) is 5.03. The van der Waals surface area contributed by atoms with Crippen molar-refractivity contribution < 1.29 is 0 Å². The molecule has 132 valence electrons. The summed E-state index contributed by atoms with van der Waals surface area (Å²) >= 11 is 5.99. The second-order valence-electron chi connectivity index (χ2n) is 6.80. The summed E-state index contributed by atoms with van der Waals surface area (Å²) in [5.74, 6) is 0. The number of halogens is 1. The highest BCUT2D eigenvalue weighted by molar-refractivity contribution is 6.30. The summed E-state index contributed by atoms with van der Waals surface area (Å²) in [4.78, 5) is 4.97. The molecule has 0 spiro atoms. The normalized spacial score (nSPS) is 15.2. The number of anilines is 1. The van der Waals surface area contributed by atoms with E-state index >= 15 is 0 Å². The zero-order chi connectivity index (χ0) is 17.8. The van der Waals surface area contributed by atoms with Crippen molar-refractivity contribution >= 4 is 17.3 Å². The number of nitrogens with zero attached hydrogens (tertiary/aromatic N) is 2. The quantitative estimate of drug-likeness (QED) is 0.619. The van der Waals surface area contributed by atoms with Crippen LogP contribution in [0.5, 0.6) is 0 Å². The molecule has 1 aliphatic heterocycles. The summed E-state index contributed by atoms with van der Waals surface area (Å²) in [6, 6.07) is 27.7. The first-order chi connectivity index (χ1) is 12.8. The van der Waals surface area contributed by atoms with Crippen LogP contribution in [0.1, 0.15) is 5.56 Å². The van der Waals surface area contributed by atoms with Crippen molar-refractivity contribution in [2.45, 2.75) is 6.54 Å². The lowest BCUT2D eigenvalue weighted by molar-refractivity contribution is 0.250. The van der Waals surface area contributed by atoms with Gasteiger partial charge in [-0.25, -0.2) is 0 Å². The van der Waals surface area contributed by atoms with Crippen LogP contribution in [0, 0.1) is 0 Å². The Morgan fingerprint density at radius 1 is 0.654 bits per heavy atom. The van der Waals surface area contributed by atoms with Gasteiger partial charge in [-0.05, 0) is 41.0 Å². The first-order valence-electron chi connectivity index (χ1n) is 9.15. The van der Waals surface area contributed by atoms with Gasteiger partial charge in [0.1, 0.15) is 0 Å². The van der Waals surface area contributed by atoms with Gasteiger partial charge in [0.25, 0.3) is 0 Å². The molecule has 0 aliphatic carbocycles. The van der Waals surface area contributed by atoms with E-state index in [0.717, 1.165) is 37.7 Å². The smallest absolute Gasteiger partial charge is 0.0407 e. The van der Waals surface area contributed by atoms with Gasteiger partial charge in [0.15, 0.2) is 0 Å². The van der Waals surface area contributed by atoms with Crippen molar-refractivity contribution in [3.63, 3.8) is 0 Å². The number of rotatable bonds is 4. The highest BCUT2D eigenvalue weighted by Gasteiger charge is 2.17. The van der Waals surface area contributed by atoms with Crippen molar-refractivity contribution in [1.82, 2.24) is 4.90 Å². The molecule has 3 aromatic carbocycles. The largest absolute Gasteiger partial charge is 0.369 e. The zero-order valence-electron chi connectivity index (χ0n) is 14.8. The molecule has 3 heteroatoms. The van der Waals surface area contributed by atoms with E-state index in [-0.39, 0.29) is 0 Å². The molecule has 0 aromatic heterocycles. The van der Waals surface area contributed by atoms with E-state index in [9.17, 15) is 0 Å². The van der Waals surface area contributed by atoms with Crippen LogP contribution >= 0.6 is 11.6 Å². The van der Waals surface area contributed by atoms with E-state index in [2.05, 4.69) is 76.5 Å². The van der Waals surface area contributed by atoms with Gasteiger partial charge in [-0.15, -0.1) is 0 Å². The van der Waals surface area contributed by atoms with Crippen molar-refractivity contribution in [1.29, 1.82) is 0 Å². The molecule has 3 aromatic rings. The third-order valence-corrected chi connectivity index (χ3v) is 5.28. The average molecular weight is 363 g/mol. The van der Waals surface area contributed by atoms with Crippen molar-refractivity contribution in [2.24, 2.45) is 0 Å². The average Bonchev–Trinajstić information content (AvgIpc) is 2.71. The maximum absolute atomic E-state index is 5.99. The fourth-order valence-corrected chi connectivity index (χ4v) is 3.63. The fourth-order valence-electron chi connectivity index (χ4n) is 3.51. The first-order valence-corrected chi connectivity index (χ1v) is 9.53. The Bertz CT molecular complexity index is 820. The molecule has 1 aliphatic rings. The molecule has 1 heterocycles. The third kappa shape index (κ3) is 4.09. The molecule has 4 rings (SSSR count). The lowest BCUT2D eigenvalue weighted by atomic mass is 10.0. The van der Waals surface area contributed by atoms with Gasteiger partial charge in [-0.3, -0.25) is 4.90 Å². The summed E-state index contributed by atoms with van der Waals surface area (Å²) in [5.41, 5.74) is 5.20. The molecule has 0 N–H and O–H groups in total. The molecule has 0 amide bonds. The molecule has 26 heavy (non-hydrogen) atoms. The van der Waals surface area contributed by atoms with E-state index in [1.807, 2.05) is 12.1 Å². The molecular weight excluding hydrogens is 340 g/mol. The van der Waals surface area contributed by atoms with Gasteiger partial charge in [-0.1, -0.05) is 66.2 Å². The highest BCUT2D eigenvalue weighted by atomic mass is 35.5. The van der Waals surface area contributed by atoms with Gasteiger partial charge in [0.05, 0.1) is 0 Å². The summed E-state index contributed by atoms with van der Waals surface area (Å²) in [6.45, 7) is 5.31. The molecule has 1 fully saturated rings. The summed E-state index contributed by atoms with van der Waals surface area (Å²) in [5, 5.41) is 0.798. The molecule has 0 unspecified atom stereocenters. The van der Waals surface area contributed by atoms with Crippen molar-refractivity contribution in [3.8, 4) is 11.1 Å². The molecule has 0 bridgehead atoms. The number of benzene rings is 3. The molecule has 1 saturated heterocycles. The standard InChI is InChI=1S/C23H23ClN2/c24-22-10-12-23(13-11-22)26-16-14-25(15-17-26)18-19-6-8-21(9-7-19)20-4-2-1-3-5-20/h1-13H,14-18H2. The lowest BCUT2D eigenvalue weighted by Crippen LogP contribution is -2.45. The predicted molar refractivity (Wildman–Crippen MR) is 111 cm³/mol. The Morgan fingerprint density at radius 2 is 1.27 bits per heavy atom. The molecule has 0 saturated carbocycles. The van der Waals surface area contributed by atoms with Crippen LogP contribution in [-0.4, -0.2) is 31.1 Å². The van der Waals surface area contributed by atoms with Crippen LogP contribution < -0.4 is 4.90 Å². The van der Waals surface area contributed by atoms with Crippen LogP contribution in [0.2, 0.25) is 5.02 Å². The Kier molecular flexibility index (Phi) is 5.24. The number of hydrogen-bond acceptors (Lipinski definition) is 2. The van der Waals surface area contributed by atoms with E-state index < -0.39 is 0 Å². The zero-order valence-corrected chi connectivity index (χ0v) is 15.6. The number of hydrogen-bond donors (Lipinski definition) is 0. The van der Waals surface area contributed by atoms with Crippen molar-refractivity contribution in [2.75, 3.05) is 31.1 Å². The second-order valence-corrected chi connectivity index (χ2v) is 7.24. The topological polar surface area (TPSA) is 6.48 Å². The SMILES string of the molecule is Clc1ccc(N2CCN(Cc3ccc(-c4ccccc4)cc3)CC2)cc1. The molecule has 0 atom stereocenters. The summed E-state index contributed by atoms with van der Waals surface area (Å²) in [7, 11) is 0. The van der Waals surface area contributed by atoms with Crippen LogP contribution in [0.4, 0.5) is 5.69 Å². The minimum absolute atomic E-state index is 0.798. The van der Waals surface area contributed by atoms with Crippen molar-refractivity contribution in [3.05, 3.63) is 89.4 Å². The van der Waals surface area contributed by atoms with E-state index in [0.29, 0.717) is 0 Å². The van der Waals surface area contributed by atoms with Crippen LogP contribution in [0.25, 0.3) is 11.1 Å². The summed E-state index contributed by atoms with van der Waals surface area (Å²) in [6.07, 6.45) is 0. The van der Waals surface area contributed by atoms with E-state index in [1.165, 1.54) is 22.4 Å². The number of piperazine rings is 1. The molecular formula is C23H23ClN2. The van der Waals surface area contributed by atoms with Gasteiger partial charge in [0, 0.05) is 43.4 Å². The van der Waals surface area contributed by atoms with Gasteiger partial charge < -0.3 is 4.90 Å². The van der Waals surface area contributed by atoms with E-state index in [1.54, 1.807) is 0 Å². The van der Waals surface area contributed by atoms with E-state index in [4.69, 9.17) is 11.6 Å². The van der Waals surface area contributed by atoms with Crippen LogP contribution in [-0.2, 0) is 6.54 Å². The minimum Gasteiger partial charge on any atom is -0.369 e. The summed E-state index contributed by atoms with van der Waals surface area (Å²) < 4.78 is 0. The fraction of sp³-hybridized carbons (Fsp3) is 0.217. The monoisotopic (exact) mass is 362 g/mol.